The van der Waals surface area contributed by atoms with Crippen molar-refractivity contribution in [3.05, 3.63) is 59.4 Å². The van der Waals surface area contributed by atoms with Crippen LogP contribution >= 0.6 is 0 Å². The van der Waals surface area contributed by atoms with Crippen molar-refractivity contribution in [1.82, 2.24) is 15.5 Å². The van der Waals surface area contributed by atoms with Crippen LogP contribution in [-0.4, -0.2) is 22.0 Å². The van der Waals surface area contributed by atoms with Crippen LogP contribution in [0.15, 0.2) is 47.1 Å². The van der Waals surface area contributed by atoms with Crippen LogP contribution in [0.25, 0.3) is 11.1 Å². The molecule has 0 fully saturated rings. The molecule has 0 saturated heterocycles. The summed E-state index contributed by atoms with van der Waals surface area (Å²) < 4.78 is 5.16. The Kier molecular flexibility index (Phi) is 4.74. The Morgan fingerprint density at radius 2 is 2.04 bits per heavy atom. The van der Waals surface area contributed by atoms with E-state index in [0.717, 1.165) is 18.5 Å². The molecular weight excluding hydrogens is 320 g/mol. The fraction of sp³-hybridized carbons (Fsp3) is 0.222. The van der Waals surface area contributed by atoms with Gasteiger partial charge in [-0.3, -0.25) is 9.59 Å². The summed E-state index contributed by atoms with van der Waals surface area (Å²) in [4.78, 5) is 28.4. The quantitative estimate of drug-likeness (QED) is 0.715. The van der Waals surface area contributed by atoms with Crippen molar-refractivity contribution in [3.8, 4) is 0 Å². The first-order valence-corrected chi connectivity index (χ1v) is 7.99. The third-order valence-corrected chi connectivity index (χ3v) is 3.85. The van der Waals surface area contributed by atoms with Crippen LogP contribution in [0.2, 0.25) is 0 Å². The molecule has 3 rings (SSSR count). The predicted molar refractivity (Wildman–Crippen MR) is 91.6 cm³/mol. The molecule has 3 aromatic rings. The Morgan fingerprint density at radius 1 is 1.28 bits per heavy atom. The van der Waals surface area contributed by atoms with E-state index in [9.17, 15) is 9.59 Å². The lowest BCUT2D eigenvalue weighted by Crippen LogP contribution is -2.37. The molecule has 0 bridgehead atoms. The van der Waals surface area contributed by atoms with Gasteiger partial charge in [-0.2, -0.15) is 0 Å². The number of nitrogens with two attached hydrogens (primary N) is 1. The fourth-order valence-electron chi connectivity index (χ4n) is 2.60. The zero-order valence-electron chi connectivity index (χ0n) is 13.7. The Labute approximate surface area is 144 Å². The molecule has 0 radical (unpaired) electrons. The summed E-state index contributed by atoms with van der Waals surface area (Å²) >= 11 is 0. The smallest absolute Gasteiger partial charge is 0.257 e. The van der Waals surface area contributed by atoms with Crippen LogP contribution < -0.4 is 11.1 Å². The van der Waals surface area contributed by atoms with E-state index in [0.29, 0.717) is 22.2 Å². The predicted octanol–water partition coefficient (Wildman–Crippen LogP) is 2.13. The molecule has 128 valence electrons. The molecule has 2 amide bonds. The number of fused-ring (bicyclic) bond motifs is 1. The lowest BCUT2D eigenvalue weighted by Gasteiger charge is -2.15. The number of carbonyl (C=O) groups excluding carboxylic acids is 2. The maximum absolute atomic E-state index is 12.6. The number of benzene rings is 1. The highest BCUT2D eigenvalue weighted by Crippen LogP contribution is 2.20. The molecule has 7 nitrogen and oxygen atoms in total. The minimum absolute atomic E-state index is 0.315. The second-order valence-electron chi connectivity index (χ2n) is 5.68. The maximum atomic E-state index is 12.6. The Balaban J connectivity index is 1.88. The molecule has 3 N–H and O–H groups in total. The topological polar surface area (TPSA) is 111 Å². The monoisotopic (exact) mass is 338 g/mol. The Bertz CT molecular complexity index is 905. The second-order valence-corrected chi connectivity index (χ2v) is 5.68. The first kappa shape index (κ1) is 16.6. The average Bonchev–Trinajstić information content (AvgIpc) is 3.02. The van der Waals surface area contributed by atoms with Gasteiger partial charge < -0.3 is 15.6 Å². The third-order valence-electron chi connectivity index (χ3n) is 3.85. The van der Waals surface area contributed by atoms with E-state index in [4.69, 9.17) is 10.3 Å². The largest absolute Gasteiger partial charge is 0.368 e. The molecule has 1 aromatic carbocycles. The SMILES string of the molecule is CCCc1noc2ncc(C(=O)NC(C(N)=O)c3ccccc3)cc12. The zero-order chi connectivity index (χ0) is 17.8. The Morgan fingerprint density at radius 3 is 2.72 bits per heavy atom. The molecule has 0 saturated carbocycles. The Hall–Kier alpha value is -3.22. The molecule has 1 atom stereocenters. The summed E-state index contributed by atoms with van der Waals surface area (Å²) in [6, 6.07) is 9.60. The van der Waals surface area contributed by atoms with E-state index >= 15 is 0 Å². The van der Waals surface area contributed by atoms with E-state index in [-0.39, 0.29) is 0 Å². The first-order valence-electron chi connectivity index (χ1n) is 7.99. The number of hydrogen-bond donors (Lipinski definition) is 2. The van der Waals surface area contributed by atoms with Gasteiger partial charge in [0.25, 0.3) is 11.6 Å². The molecule has 1 unspecified atom stereocenters. The number of nitrogens with one attached hydrogen (secondary N) is 1. The number of pyridine rings is 1. The summed E-state index contributed by atoms with van der Waals surface area (Å²) in [5.41, 5.74) is 7.52. The van der Waals surface area contributed by atoms with Gasteiger partial charge in [-0.15, -0.1) is 0 Å². The molecule has 7 heteroatoms. The van der Waals surface area contributed by atoms with Gasteiger partial charge in [0, 0.05) is 6.20 Å². The number of carbonyl (C=O) groups is 2. The molecule has 0 aliphatic carbocycles. The highest BCUT2D eigenvalue weighted by Gasteiger charge is 2.21. The lowest BCUT2D eigenvalue weighted by atomic mass is 10.1. The highest BCUT2D eigenvalue weighted by molar-refractivity contribution is 5.99. The number of amides is 2. The minimum Gasteiger partial charge on any atom is -0.368 e. The third kappa shape index (κ3) is 3.50. The van der Waals surface area contributed by atoms with Crippen molar-refractivity contribution < 1.29 is 14.1 Å². The van der Waals surface area contributed by atoms with Crippen molar-refractivity contribution in [2.75, 3.05) is 0 Å². The molecule has 0 aliphatic heterocycles. The highest BCUT2D eigenvalue weighted by atomic mass is 16.5. The van der Waals surface area contributed by atoms with E-state index in [2.05, 4.69) is 15.5 Å². The van der Waals surface area contributed by atoms with Crippen molar-refractivity contribution in [1.29, 1.82) is 0 Å². The summed E-state index contributed by atoms with van der Waals surface area (Å²) in [7, 11) is 0. The van der Waals surface area contributed by atoms with Crippen molar-refractivity contribution in [2.45, 2.75) is 25.8 Å². The molecular formula is C18H18N4O3. The standard InChI is InChI=1S/C18H18N4O3/c1-2-6-14-13-9-12(10-20-18(13)25-22-14)17(24)21-15(16(19)23)11-7-4-3-5-8-11/h3-5,7-10,15H,2,6H2,1H3,(H2,19,23)(H,21,24). The molecule has 25 heavy (non-hydrogen) atoms. The number of rotatable bonds is 6. The van der Waals surface area contributed by atoms with Crippen LogP contribution in [0.5, 0.6) is 0 Å². The van der Waals surface area contributed by atoms with Gasteiger partial charge in [0.1, 0.15) is 6.04 Å². The van der Waals surface area contributed by atoms with Crippen LogP contribution in [0, 0.1) is 0 Å². The zero-order valence-corrected chi connectivity index (χ0v) is 13.7. The van der Waals surface area contributed by atoms with Gasteiger partial charge in [-0.25, -0.2) is 4.98 Å². The number of aromatic nitrogens is 2. The first-order chi connectivity index (χ1) is 12.1. The van der Waals surface area contributed by atoms with Gasteiger partial charge in [-0.1, -0.05) is 48.8 Å². The fourth-order valence-corrected chi connectivity index (χ4v) is 2.60. The van der Waals surface area contributed by atoms with Crippen molar-refractivity contribution in [2.24, 2.45) is 5.73 Å². The van der Waals surface area contributed by atoms with Gasteiger partial charge in [0.2, 0.25) is 5.91 Å². The minimum atomic E-state index is -0.915. The van der Waals surface area contributed by atoms with Crippen LogP contribution in [-0.2, 0) is 11.2 Å². The summed E-state index contributed by atoms with van der Waals surface area (Å²) in [6.07, 6.45) is 3.02. The summed E-state index contributed by atoms with van der Waals surface area (Å²) in [6.45, 7) is 2.03. The lowest BCUT2D eigenvalue weighted by molar-refractivity contribution is -0.120. The van der Waals surface area contributed by atoms with Crippen LogP contribution in [0.1, 0.15) is 41.0 Å². The van der Waals surface area contributed by atoms with E-state index in [1.54, 1.807) is 30.3 Å². The van der Waals surface area contributed by atoms with Crippen LogP contribution in [0.4, 0.5) is 0 Å². The van der Waals surface area contributed by atoms with E-state index in [1.807, 2.05) is 13.0 Å². The van der Waals surface area contributed by atoms with Gasteiger partial charge >= 0.3 is 0 Å². The molecule has 0 spiro atoms. The second kappa shape index (κ2) is 7.12. The van der Waals surface area contributed by atoms with Crippen LogP contribution in [0.3, 0.4) is 0 Å². The molecule has 2 heterocycles. The molecule has 2 aromatic heterocycles. The van der Waals surface area contributed by atoms with Crippen molar-refractivity contribution >= 4 is 22.9 Å². The van der Waals surface area contributed by atoms with E-state index in [1.165, 1.54) is 6.20 Å². The number of hydrogen-bond acceptors (Lipinski definition) is 5. The van der Waals surface area contributed by atoms with Crippen molar-refractivity contribution in [3.63, 3.8) is 0 Å². The van der Waals surface area contributed by atoms with Gasteiger partial charge in [-0.05, 0) is 18.1 Å². The van der Waals surface area contributed by atoms with E-state index < -0.39 is 17.9 Å². The van der Waals surface area contributed by atoms with Gasteiger partial charge in [0.05, 0.1) is 16.6 Å². The number of nitrogens with zero attached hydrogens (tertiary/aromatic N) is 2. The number of aryl methyl sites for hydroxylation is 1. The molecule has 0 aliphatic rings. The maximum Gasteiger partial charge on any atom is 0.257 e. The van der Waals surface area contributed by atoms with Gasteiger partial charge in [0.15, 0.2) is 0 Å². The average molecular weight is 338 g/mol. The normalized spacial score (nSPS) is 12.0. The number of primary amides is 1. The summed E-state index contributed by atoms with van der Waals surface area (Å²) in [5, 5.41) is 7.33. The summed E-state index contributed by atoms with van der Waals surface area (Å²) in [5.74, 6) is -1.07.